The van der Waals surface area contributed by atoms with Crippen LogP contribution in [-0.2, 0) is 42.2 Å². The van der Waals surface area contributed by atoms with Crippen molar-refractivity contribution >= 4 is 41.8 Å². The maximum absolute atomic E-state index is 12.6. The molecule has 3 aliphatic rings. The number of imidazole rings is 1. The number of imide groups is 2. The van der Waals surface area contributed by atoms with Gasteiger partial charge in [0.15, 0.2) is 13.1 Å². The molecule has 0 unspecified atom stereocenters. The number of quaternary nitrogens is 5. The van der Waals surface area contributed by atoms with Gasteiger partial charge in [0.2, 0.25) is 17.7 Å². The second kappa shape index (κ2) is 48.8. The summed E-state index contributed by atoms with van der Waals surface area (Å²) in [6.45, 7) is 21.7. The molecule has 0 atom stereocenters. The summed E-state index contributed by atoms with van der Waals surface area (Å²) in [7, 11) is 20.4. The number of likely N-dealkylation sites (N-methyl/N-ethyl adjacent to an activating group) is 2. The molecular formula is C78H127N11O12+6. The number of para-hydroxylation sites is 2. The van der Waals surface area contributed by atoms with Crippen molar-refractivity contribution in [1.82, 2.24) is 14.4 Å². The van der Waals surface area contributed by atoms with Crippen molar-refractivity contribution in [3.05, 3.63) is 115 Å². The molecule has 3 saturated heterocycles. The predicted octanol–water partition coefficient (Wildman–Crippen LogP) is 11.4. The maximum atomic E-state index is 12.6. The number of morpholine rings is 1. The summed E-state index contributed by atoms with van der Waals surface area (Å²) in [5.41, 5.74) is 1.87. The van der Waals surface area contributed by atoms with Gasteiger partial charge < -0.3 is 46.1 Å². The van der Waals surface area contributed by atoms with Gasteiger partial charge in [0.05, 0.1) is 116 Å². The van der Waals surface area contributed by atoms with Crippen molar-refractivity contribution < 1.29 is 84.2 Å². The Morgan fingerprint density at radius 1 is 0.584 bits per heavy atom. The van der Waals surface area contributed by atoms with E-state index in [2.05, 4.69) is 68.0 Å². The summed E-state index contributed by atoms with van der Waals surface area (Å²) in [6, 6.07) is 29.6. The Hall–Kier alpha value is -7.90. The van der Waals surface area contributed by atoms with Crippen LogP contribution >= 0.6 is 0 Å². The molecule has 0 bridgehead atoms. The van der Waals surface area contributed by atoms with Crippen molar-refractivity contribution in [2.75, 3.05) is 168 Å². The van der Waals surface area contributed by atoms with E-state index >= 15 is 0 Å². The van der Waals surface area contributed by atoms with Crippen LogP contribution in [0.25, 0.3) is 0 Å². The number of rotatable bonds is 27. The SMILES string of the molecule is CCCCCCC(=O)n1cc[n+](C)c1.CC[N+](CC)(CC)Cc1ccc(C(=O)N2CCCCCC2=O)cc1.C[N+](C)(C)CC#N.C[N+](C)(C)CCCCCC(=O)N1CCCCCC1=O.C[N+](C)(CCOC(=O)Oc1ccccc1)CCOC(=O)Oc1ccccc1.C[N+]1(CC#N)CCOCC1. The molecule has 0 saturated carbocycles. The number of aryl methyl sites for hydroxylation is 1. The van der Waals surface area contributed by atoms with Gasteiger partial charge >= 0.3 is 18.2 Å². The Morgan fingerprint density at radius 3 is 1.52 bits per heavy atom. The van der Waals surface area contributed by atoms with E-state index in [9.17, 15) is 33.6 Å². The fourth-order valence-corrected chi connectivity index (χ4v) is 10.8. The van der Waals surface area contributed by atoms with Crippen LogP contribution in [0.2, 0.25) is 0 Å². The van der Waals surface area contributed by atoms with Crippen molar-refractivity contribution in [3.8, 4) is 23.6 Å². The van der Waals surface area contributed by atoms with E-state index in [0.29, 0.717) is 86.5 Å². The van der Waals surface area contributed by atoms with Crippen LogP contribution in [0.3, 0.4) is 0 Å². The molecule has 3 fully saturated rings. The summed E-state index contributed by atoms with van der Waals surface area (Å²) < 4.78 is 33.1. The average molecular weight is 1410 g/mol. The first-order valence-electron chi connectivity index (χ1n) is 36.5. The third-order valence-electron chi connectivity index (χ3n) is 17.7. The molecule has 0 radical (unpaired) electrons. The number of unbranched alkanes of at least 4 members (excludes halogenated alkanes) is 5. The van der Waals surface area contributed by atoms with Crippen LogP contribution in [0.1, 0.15) is 158 Å². The molecule has 0 N–H and O–H groups in total. The number of amides is 4. The first kappa shape index (κ1) is 89.2. The number of ether oxygens (including phenoxy) is 5. The van der Waals surface area contributed by atoms with Gasteiger partial charge in [-0.2, -0.15) is 15.1 Å². The lowest BCUT2D eigenvalue weighted by molar-refractivity contribution is -0.936. The van der Waals surface area contributed by atoms with Crippen molar-refractivity contribution in [3.63, 3.8) is 0 Å². The Kier molecular flexibility index (Phi) is 43.1. The third-order valence-corrected chi connectivity index (χ3v) is 17.7. The van der Waals surface area contributed by atoms with E-state index in [1.165, 1.54) is 28.2 Å². The largest absolute Gasteiger partial charge is 0.514 e. The summed E-state index contributed by atoms with van der Waals surface area (Å²) >= 11 is 0. The molecule has 23 nitrogen and oxygen atoms in total. The fraction of sp³-hybridized carbons (Fsp3) is 0.615. The highest BCUT2D eigenvalue weighted by Gasteiger charge is 2.28. The highest BCUT2D eigenvalue weighted by atomic mass is 16.7. The Balaban J connectivity index is 0.000000432. The van der Waals surface area contributed by atoms with Crippen LogP contribution in [0.4, 0.5) is 9.59 Å². The van der Waals surface area contributed by atoms with E-state index in [-0.39, 0.29) is 42.7 Å². The molecule has 23 heteroatoms. The molecule has 4 aromatic rings. The molecule has 101 heavy (non-hydrogen) atoms. The van der Waals surface area contributed by atoms with Crippen molar-refractivity contribution in [1.29, 1.82) is 10.5 Å². The Bertz CT molecular complexity index is 3030. The quantitative estimate of drug-likeness (QED) is 0.0103. The standard InChI is InChI=1S/C20H31N2O2.C20H24NO6.C15H29N2O2.C11H19N2O.C7H13N2O.C5H11N2/c1-4-22(5-2,6-3)16-17-11-13-18(14-12-17)20(24)21-15-9-7-8-10-19(21)23;1-21(2,13-15-24-19(22)26-17-9-5-3-6-10-17)14-16-25-20(23)27-18-11-7-4-8-12-18;1-17(2,3)13-9-5-7-11-15(19)16-12-8-4-6-10-14(16)18;1-3-4-5-6-7-11(14)13-9-8-12(2)10-13;1-9(3-2-8)4-6-10-7-5-9;1-7(2,3)5-4-6/h11-14H,4-10,15-16H2,1-3H3;3-12H,13-16H2,1-2H3;4-13H2,1-3H3;8-10H,3-7H2,1-2H3;3-7H2,1H3;5H2,1-3H3/q6*+1. The molecule has 7 rings (SSSR count). The van der Waals surface area contributed by atoms with Gasteiger partial charge in [-0.3, -0.25) is 29.0 Å². The van der Waals surface area contributed by atoms with Crippen LogP contribution in [0.5, 0.6) is 11.5 Å². The number of carbonyl (C=O) groups excluding carboxylic acids is 7. The number of nitriles is 2. The summed E-state index contributed by atoms with van der Waals surface area (Å²) in [6.07, 6.45) is 19.8. The van der Waals surface area contributed by atoms with Crippen LogP contribution in [0.15, 0.2) is 104 Å². The van der Waals surface area contributed by atoms with E-state index in [4.69, 9.17) is 34.2 Å². The molecule has 1 aromatic heterocycles. The number of carbonyl (C=O) groups is 7. The molecule has 3 aliphatic heterocycles. The topological polar surface area (TPSA) is 229 Å². The number of benzene rings is 3. The first-order chi connectivity index (χ1) is 48.0. The average Bonchev–Trinajstić information content (AvgIpc) is 1.20. The van der Waals surface area contributed by atoms with E-state index in [1.54, 1.807) is 53.1 Å². The summed E-state index contributed by atoms with van der Waals surface area (Å²) in [4.78, 5) is 86.3. The van der Waals surface area contributed by atoms with Crippen LogP contribution < -0.4 is 14.0 Å². The molecule has 4 heterocycles. The van der Waals surface area contributed by atoms with E-state index in [0.717, 1.165) is 148 Å². The smallest absolute Gasteiger partial charge is 0.428 e. The van der Waals surface area contributed by atoms with E-state index in [1.807, 2.05) is 102 Å². The minimum absolute atomic E-state index is 0.0276. The zero-order chi connectivity index (χ0) is 75.2. The van der Waals surface area contributed by atoms with Gasteiger partial charge in [0, 0.05) is 43.5 Å². The van der Waals surface area contributed by atoms with Crippen molar-refractivity contribution in [2.45, 2.75) is 143 Å². The molecule has 560 valence electrons. The second-order valence-corrected chi connectivity index (χ2v) is 29.1. The van der Waals surface area contributed by atoms with Crippen LogP contribution in [-0.4, -0.2) is 247 Å². The highest BCUT2D eigenvalue weighted by Crippen LogP contribution is 2.20. The molecule has 0 spiro atoms. The minimum atomic E-state index is -0.746. The summed E-state index contributed by atoms with van der Waals surface area (Å²) in [5.74, 6) is 0.965. The van der Waals surface area contributed by atoms with Gasteiger partial charge in [-0.05, 0) is 109 Å². The van der Waals surface area contributed by atoms with Crippen molar-refractivity contribution in [2.24, 2.45) is 7.05 Å². The lowest BCUT2D eigenvalue weighted by Crippen LogP contribution is -2.51. The predicted molar refractivity (Wildman–Crippen MR) is 392 cm³/mol. The van der Waals surface area contributed by atoms with Gasteiger partial charge in [-0.1, -0.05) is 87.6 Å². The monoisotopic (exact) mass is 1410 g/mol. The zero-order valence-corrected chi connectivity index (χ0v) is 64.2. The summed E-state index contributed by atoms with van der Waals surface area (Å²) in [5, 5.41) is 16.6. The Labute approximate surface area is 605 Å². The number of hydrogen-bond donors (Lipinski definition) is 0. The Morgan fingerprint density at radius 2 is 1.08 bits per heavy atom. The van der Waals surface area contributed by atoms with Gasteiger partial charge in [0.1, 0.15) is 82.0 Å². The number of likely N-dealkylation sites (tertiary alicyclic amines) is 2. The molecule has 3 aromatic carbocycles. The molecule has 0 aliphatic carbocycles. The molecule has 4 amide bonds. The van der Waals surface area contributed by atoms with Gasteiger partial charge in [-0.15, -0.1) is 0 Å². The number of nitrogens with zero attached hydrogens (tertiary/aromatic N) is 11. The van der Waals surface area contributed by atoms with Crippen LogP contribution in [0, 0.1) is 22.7 Å². The zero-order valence-electron chi connectivity index (χ0n) is 64.2. The number of aromatic nitrogens is 2. The normalized spacial score (nSPS) is 14.5. The maximum Gasteiger partial charge on any atom is 0.514 e. The fourth-order valence-electron chi connectivity index (χ4n) is 10.8. The van der Waals surface area contributed by atoms with E-state index < -0.39 is 12.3 Å². The minimum Gasteiger partial charge on any atom is -0.428 e. The lowest BCUT2D eigenvalue weighted by atomic mass is 10.1. The second-order valence-electron chi connectivity index (χ2n) is 29.1. The highest BCUT2D eigenvalue weighted by molar-refractivity contribution is 6.04. The molecular weight excluding hydrogens is 1280 g/mol. The third kappa shape index (κ3) is 40.4. The lowest BCUT2D eigenvalue weighted by Gasteiger charge is -2.35. The number of hydrogen-bond acceptors (Lipinski definition) is 14. The van der Waals surface area contributed by atoms with Gasteiger partial charge in [-0.25, -0.2) is 19.0 Å². The van der Waals surface area contributed by atoms with Gasteiger partial charge in [0.25, 0.3) is 12.2 Å². The first-order valence-corrected chi connectivity index (χ1v) is 36.5.